The summed E-state index contributed by atoms with van der Waals surface area (Å²) in [6.45, 7) is 1.48. The molecule has 2 amide bonds. The second kappa shape index (κ2) is 8.90. The second-order valence-electron chi connectivity index (χ2n) is 9.82. The maximum atomic E-state index is 13.4. The van der Waals surface area contributed by atoms with Crippen LogP contribution in [0, 0.1) is 0 Å². The van der Waals surface area contributed by atoms with E-state index >= 15 is 0 Å². The Morgan fingerprint density at radius 3 is 2.42 bits per heavy atom. The fourth-order valence-corrected chi connectivity index (χ4v) is 5.49. The lowest BCUT2D eigenvalue weighted by molar-refractivity contribution is 0.0766. The van der Waals surface area contributed by atoms with Crippen molar-refractivity contribution in [3.63, 3.8) is 0 Å². The second-order valence-corrected chi connectivity index (χ2v) is 9.82. The molecule has 2 aliphatic heterocycles. The van der Waals surface area contributed by atoms with E-state index in [2.05, 4.69) is 0 Å². The summed E-state index contributed by atoms with van der Waals surface area (Å²) < 4.78 is 11.8. The zero-order chi connectivity index (χ0) is 24.8. The van der Waals surface area contributed by atoms with Crippen molar-refractivity contribution in [1.82, 2.24) is 4.90 Å². The van der Waals surface area contributed by atoms with Crippen LogP contribution in [0.15, 0.2) is 54.6 Å². The number of benzene rings is 3. The van der Waals surface area contributed by atoms with Gasteiger partial charge in [0.1, 0.15) is 0 Å². The Labute approximate surface area is 210 Å². The minimum Gasteiger partial charge on any atom is -0.493 e. The lowest BCUT2D eigenvalue weighted by Crippen LogP contribution is -2.24. The quantitative estimate of drug-likeness (QED) is 0.504. The number of fused-ring (bicyclic) bond motifs is 2. The molecule has 1 fully saturated rings. The van der Waals surface area contributed by atoms with E-state index in [1.807, 2.05) is 48.5 Å². The Morgan fingerprint density at radius 1 is 0.861 bits per heavy atom. The highest BCUT2D eigenvalue weighted by Crippen LogP contribution is 2.38. The monoisotopic (exact) mass is 483 g/mol. The molecular weight excluding hydrogens is 454 g/mol. The molecule has 36 heavy (non-hydrogen) atoms. The summed E-state index contributed by atoms with van der Waals surface area (Å²) in [5.41, 5.74) is 11.5. The van der Waals surface area contributed by atoms with Gasteiger partial charge < -0.3 is 25.0 Å². The maximum absolute atomic E-state index is 13.4. The molecule has 0 saturated heterocycles. The highest BCUT2D eigenvalue weighted by molar-refractivity contribution is 6.10. The van der Waals surface area contributed by atoms with Crippen LogP contribution < -0.4 is 20.1 Å². The summed E-state index contributed by atoms with van der Waals surface area (Å²) in [7, 11) is 1.63. The van der Waals surface area contributed by atoms with Crippen LogP contribution in [0.2, 0.25) is 0 Å². The molecule has 6 rings (SSSR count). The molecule has 1 saturated carbocycles. The van der Waals surface area contributed by atoms with Crippen LogP contribution in [-0.2, 0) is 19.6 Å². The standard InChI is InChI=1S/C29H29N3O4/c1-35-26-11-10-22(14-27(26)36-23-4-2-3-5-23)32-17-20-7-6-18(12-24(20)29(32)34)15-31-16-19-8-9-21(30)13-25(19)28(31)33/h6-14,23H,2-5,15-17,30H2,1H3. The molecule has 7 nitrogen and oxygen atoms in total. The van der Waals surface area contributed by atoms with Gasteiger partial charge in [0.2, 0.25) is 0 Å². The Kier molecular flexibility index (Phi) is 5.55. The minimum absolute atomic E-state index is 0.0289. The summed E-state index contributed by atoms with van der Waals surface area (Å²) in [6, 6.07) is 17.1. The normalized spacial score (nSPS) is 17.0. The number of ether oxygens (including phenoxy) is 2. The largest absolute Gasteiger partial charge is 0.493 e. The number of nitrogen functional groups attached to an aromatic ring is 1. The Bertz CT molecular complexity index is 1360. The fraction of sp³-hybridized carbons (Fsp3) is 0.310. The van der Waals surface area contributed by atoms with E-state index in [0.717, 1.165) is 35.2 Å². The van der Waals surface area contributed by atoms with Gasteiger partial charge in [-0.25, -0.2) is 0 Å². The molecule has 0 spiro atoms. The van der Waals surface area contributed by atoms with Gasteiger partial charge in [0.15, 0.2) is 11.5 Å². The molecule has 0 aromatic heterocycles. The molecule has 3 aromatic carbocycles. The van der Waals surface area contributed by atoms with Crippen molar-refractivity contribution >= 4 is 23.2 Å². The van der Waals surface area contributed by atoms with E-state index in [0.29, 0.717) is 47.9 Å². The number of carbonyl (C=O) groups excluding carboxylic acids is 2. The molecule has 0 unspecified atom stereocenters. The molecule has 0 atom stereocenters. The molecule has 2 N–H and O–H groups in total. The molecule has 3 aliphatic rings. The van der Waals surface area contributed by atoms with Gasteiger partial charge in [-0.05, 0) is 72.7 Å². The number of amides is 2. The zero-order valence-electron chi connectivity index (χ0n) is 20.3. The Balaban J connectivity index is 1.21. The number of nitrogens with zero attached hydrogens (tertiary/aromatic N) is 2. The molecule has 3 aromatic rings. The van der Waals surface area contributed by atoms with E-state index in [4.69, 9.17) is 15.2 Å². The zero-order valence-corrected chi connectivity index (χ0v) is 20.3. The number of rotatable bonds is 6. The number of hydrogen-bond acceptors (Lipinski definition) is 5. The number of hydrogen-bond donors (Lipinski definition) is 1. The van der Waals surface area contributed by atoms with Crippen LogP contribution in [0.4, 0.5) is 11.4 Å². The summed E-state index contributed by atoms with van der Waals surface area (Å²) in [5.74, 6) is 1.28. The van der Waals surface area contributed by atoms with Crippen LogP contribution in [0.5, 0.6) is 11.5 Å². The van der Waals surface area contributed by atoms with Crippen LogP contribution in [0.25, 0.3) is 0 Å². The van der Waals surface area contributed by atoms with Gasteiger partial charge >= 0.3 is 0 Å². The number of nitrogens with two attached hydrogens (primary N) is 1. The van der Waals surface area contributed by atoms with Crippen molar-refractivity contribution in [2.24, 2.45) is 0 Å². The van der Waals surface area contributed by atoms with Gasteiger partial charge in [-0.2, -0.15) is 0 Å². The van der Waals surface area contributed by atoms with Crippen molar-refractivity contribution in [1.29, 1.82) is 0 Å². The Hall–Kier alpha value is -4.00. The molecule has 0 radical (unpaired) electrons. The molecule has 1 aliphatic carbocycles. The SMILES string of the molecule is COc1ccc(N2Cc3ccc(CN4Cc5ccc(N)cc5C4=O)cc3C2=O)cc1OC1CCCC1. The predicted molar refractivity (Wildman–Crippen MR) is 137 cm³/mol. The summed E-state index contributed by atoms with van der Waals surface area (Å²) in [5, 5.41) is 0. The smallest absolute Gasteiger partial charge is 0.258 e. The third-order valence-electron chi connectivity index (χ3n) is 7.42. The molecule has 184 valence electrons. The number of carbonyl (C=O) groups is 2. The predicted octanol–water partition coefficient (Wildman–Crippen LogP) is 4.92. The van der Waals surface area contributed by atoms with E-state index in [1.54, 1.807) is 23.0 Å². The first-order valence-electron chi connectivity index (χ1n) is 12.5. The molecule has 0 bridgehead atoms. The van der Waals surface area contributed by atoms with Crippen molar-refractivity contribution < 1.29 is 19.1 Å². The van der Waals surface area contributed by atoms with Crippen molar-refractivity contribution in [2.75, 3.05) is 17.7 Å². The topological polar surface area (TPSA) is 85.1 Å². The van der Waals surface area contributed by atoms with Crippen molar-refractivity contribution in [3.05, 3.63) is 82.4 Å². The first kappa shape index (κ1) is 22.5. The summed E-state index contributed by atoms with van der Waals surface area (Å²) >= 11 is 0. The molecule has 2 heterocycles. The average molecular weight is 484 g/mol. The van der Waals surface area contributed by atoms with Gasteiger partial charge in [-0.15, -0.1) is 0 Å². The first-order chi connectivity index (χ1) is 17.5. The van der Waals surface area contributed by atoms with Crippen LogP contribution >= 0.6 is 0 Å². The van der Waals surface area contributed by atoms with Crippen LogP contribution in [0.1, 0.15) is 63.1 Å². The summed E-state index contributed by atoms with van der Waals surface area (Å²) in [4.78, 5) is 29.9. The van der Waals surface area contributed by atoms with E-state index in [1.165, 1.54) is 12.8 Å². The van der Waals surface area contributed by atoms with E-state index in [9.17, 15) is 9.59 Å². The fourth-order valence-electron chi connectivity index (χ4n) is 5.49. The molecule has 7 heteroatoms. The van der Waals surface area contributed by atoms with Crippen molar-refractivity contribution in [3.8, 4) is 11.5 Å². The third kappa shape index (κ3) is 3.94. The van der Waals surface area contributed by atoms with Gasteiger partial charge in [-0.3, -0.25) is 9.59 Å². The summed E-state index contributed by atoms with van der Waals surface area (Å²) in [6.07, 6.45) is 4.64. The maximum Gasteiger partial charge on any atom is 0.258 e. The average Bonchev–Trinajstić information content (AvgIpc) is 3.59. The lowest BCUT2D eigenvalue weighted by atomic mass is 10.1. The highest BCUT2D eigenvalue weighted by atomic mass is 16.5. The van der Waals surface area contributed by atoms with Gasteiger partial charge in [0.05, 0.1) is 19.8 Å². The number of anilines is 2. The Morgan fingerprint density at radius 2 is 1.61 bits per heavy atom. The van der Waals surface area contributed by atoms with Gasteiger partial charge in [0, 0.05) is 41.7 Å². The van der Waals surface area contributed by atoms with E-state index in [-0.39, 0.29) is 17.9 Å². The lowest BCUT2D eigenvalue weighted by Gasteiger charge is -2.20. The molecular formula is C29H29N3O4. The number of methoxy groups -OCH3 is 1. The van der Waals surface area contributed by atoms with Crippen molar-refractivity contribution in [2.45, 2.75) is 51.4 Å². The van der Waals surface area contributed by atoms with Gasteiger partial charge in [-0.1, -0.05) is 18.2 Å². The van der Waals surface area contributed by atoms with E-state index < -0.39 is 0 Å². The minimum atomic E-state index is -0.0485. The van der Waals surface area contributed by atoms with Crippen LogP contribution in [0.3, 0.4) is 0 Å². The third-order valence-corrected chi connectivity index (χ3v) is 7.42. The van der Waals surface area contributed by atoms with Crippen LogP contribution in [-0.4, -0.2) is 29.9 Å². The highest BCUT2D eigenvalue weighted by Gasteiger charge is 2.31. The van der Waals surface area contributed by atoms with Gasteiger partial charge in [0.25, 0.3) is 11.8 Å². The first-order valence-corrected chi connectivity index (χ1v) is 12.5.